The Hall–Kier alpha value is -0.580. The smallest absolute Gasteiger partial charge is 0.254 e. The highest BCUT2D eigenvalue weighted by atomic mass is 35.5. The monoisotopic (exact) mass is 274 g/mol. The van der Waals surface area contributed by atoms with Crippen LogP contribution in [0.3, 0.4) is 0 Å². The minimum Gasteiger partial charge on any atom is -0.338 e. The van der Waals surface area contributed by atoms with Crippen LogP contribution in [0, 0.1) is 5.92 Å². The Kier molecular flexibility index (Phi) is 5.43. The minimum atomic E-state index is 0. The first-order valence-electron chi connectivity index (χ1n) is 5.75. The van der Waals surface area contributed by atoms with E-state index >= 15 is 0 Å². The average Bonchev–Trinajstić information content (AvgIpc) is 2.81. The quantitative estimate of drug-likeness (QED) is 0.900. The Morgan fingerprint density at radius 1 is 1.65 bits per heavy atom. The second-order valence-corrected chi connectivity index (χ2v) is 5.30. The van der Waals surface area contributed by atoms with E-state index in [0.29, 0.717) is 5.92 Å². The summed E-state index contributed by atoms with van der Waals surface area (Å²) in [5, 5.41) is 3.86. The van der Waals surface area contributed by atoms with Crippen molar-refractivity contribution in [2.45, 2.75) is 25.8 Å². The summed E-state index contributed by atoms with van der Waals surface area (Å²) in [6.07, 6.45) is 2.22. The maximum absolute atomic E-state index is 12.1. The van der Waals surface area contributed by atoms with Gasteiger partial charge in [-0.2, -0.15) is 11.3 Å². The summed E-state index contributed by atoms with van der Waals surface area (Å²) in [6, 6.07) is 2.07. The number of amides is 1. The Balaban J connectivity index is 0.00000144. The molecule has 5 heteroatoms. The van der Waals surface area contributed by atoms with Crippen molar-refractivity contribution in [3.8, 4) is 0 Å². The first-order chi connectivity index (χ1) is 7.68. The molecule has 0 aromatic carbocycles. The van der Waals surface area contributed by atoms with Gasteiger partial charge in [0, 0.05) is 24.5 Å². The van der Waals surface area contributed by atoms with E-state index in [1.165, 1.54) is 0 Å². The summed E-state index contributed by atoms with van der Waals surface area (Å²) < 4.78 is 0. The Morgan fingerprint density at radius 3 is 3.00 bits per heavy atom. The summed E-state index contributed by atoms with van der Waals surface area (Å²) in [5.41, 5.74) is 6.73. The van der Waals surface area contributed by atoms with Gasteiger partial charge in [-0.25, -0.2) is 0 Å². The summed E-state index contributed by atoms with van der Waals surface area (Å²) in [6.45, 7) is 3.72. The highest BCUT2D eigenvalue weighted by Gasteiger charge is 2.26. The third-order valence-electron chi connectivity index (χ3n) is 3.26. The summed E-state index contributed by atoms with van der Waals surface area (Å²) in [4.78, 5) is 14.1. The second kappa shape index (κ2) is 6.38. The van der Waals surface area contributed by atoms with Crippen molar-refractivity contribution in [1.29, 1.82) is 0 Å². The fraction of sp³-hybridized carbons (Fsp3) is 0.583. The predicted octanol–water partition coefficient (Wildman–Crippen LogP) is 2.37. The van der Waals surface area contributed by atoms with Crippen LogP contribution in [0.25, 0.3) is 0 Å². The molecular weight excluding hydrogens is 256 g/mol. The molecule has 0 saturated carbocycles. The van der Waals surface area contributed by atoms with Gasteiger partial charge in [0.05, 0.1) is 5.56 Å². The lowest BCUT2D eigenvalue weighted by Gasteiger charge is -2.34. The molecule has 2 rings (SSSR count). The lowest BCUT2D eigenvalue weighted by atomic mass is 9.92. The molecule has 1 saturated heterocycles. The summed E-state index contributed by atoms with van der Waals surface area (Å²) >= 11 is 1.57. The van der Waals surface area contributed by atoms with Gasteiger partial charge in [0.1, 0.15) is 0 Å². The SMILES string of the molecule is CC(N)C1CCCN(C(=O)c2ccsc2)C1.Cl. The van der Waals surface area contributed by atoms with E-state index in [4.69, 9.17) is 5.73 Å². The van der Waals surface area contributed by atoms with Crippen molar-refractivity contribution in [3.63, 3.8) is 0 Å². The van der Waals surface area contributed by atoms with E-state index < -0.39 is 0 Å². The van der Waals surface area contributed by atoms with Crippen LogP contribution in [0.1, 0.15) is 30.1 Å². The van der Waals surface area contributed by atoms with Gasteiger partial charge in [-0.05, 0) is 37.1 Å². The fourth-order valence-electron chi connectivity index (χ4n) is 2.19. The molecule has 1 aromatic heterocycles. The normalized spacial score (nSPS) is 21.8. The van der Waals surface area contributed by atoms with E-state index in [0.717, 1.165) is 31.5 Å². The standard InChI is InChI=1S/C12H18N2OS.ClH/c1-9(13)10-3-2-5-14(7-10)12(15)11-4-6-16-8-11;/h4,6,8-10H,2-3,5,7,13H2,1H3;1H. The van der Waals surface area contributed by atoms with Crippen LogP contribution in [0.5, 0.6) is 0 Å². The lowest BCUT2D eigenvalue weighted by Crippen LogP contribution is -2.44. The van der Waals surface area contributed by atoms with E-state index in [2.05, 4.69) is 0 Å². The number of rotatable bonds is 2. The van der Waals surface area contributed by atoms with Crippen LogP contribution in [0.4, 0.5) is 0 Å². The summed E-state index contributed by atoms with van der Waals surface area (Å²) in [7, 11) is 0. The number of likely N-dealkylation sites (tertiary alicyclic amines) is 1. The number of halogens is 1. The first-order valence-corrected chi connectivity index (χ1v) is 6.70. The van der Waals surface area contributed by atoms with Crippen LogP contribution >= 0.6 is 23.7 Å². The van der Waals surface area contributed by atoms with Crippen molar-refractivity contribution in [2.24, 2.45) is 11.7 Å². The molecule has 2 atom stereocenters. The number of nitrogens with two attached hydrogens (primary N) is 1. The number of hydrogen-bond acceptors (Lipinski definition) is 3. The number of thiophene rings is 1. The molecule has 2 heterocycles. The van der Waals surface area contributed by atoms with E-state index in [1.807, 2.05) is 28.7 Å². The molecule has 0 radical (unpaired) electrons. The van der Waals surface area contributed by atoms with Crippen LogP contribution in [-0.4, -0.2) is 29.9 Å². The molecule has 1 aromatic rings. The number of piperidine rings is 1. The maximum atomic E-state index is 12.1. The Morgan fingerprint density at radius 2 is 2.41 bits per heavy atom. The van der Waals surface area contributed by atoms with Crippen molar-refractivity contribution < 1.29 is 4.79 Å². The lowest BCUT2D eigenvalue weighted by molar-refractivity contribution is 0.0661. The molecule has 3 nitrogen and oxygen atoms in total. The van der Waals surface area contributed by atoms with Crippen molar-refractivity contribution in [3.05, 3.63) is 22.4 Å². The molecule has 1 aliphatic heterocycles. The van der Waals surface area contributed by atoms with Crippen LogP contribution in [0.15, 0.2) is 16.8 Å². The van der Waals surface area contributed by atoms with Crippen molar-refractivity contribution >= 4 is 29.7 Å². The highest BCUT2D eigenvalue weighted by Crippen LogP contribution is 2.21. The summed E-state index contributed by atoms with van der Waals surface area (Å²) in [5.74, 6) is 0.614. The van der Waals surface area contributed by atoms with Crippen molar-refractivity contribution in [1.82, 2.24) is 4.90 Å². The number of nitrogens with zero attached hydrogens (tertiary/aromatic N) is 1. The molecule has 2 N–H and O–H groups in total. The van der Waals surface area contributed by atoms with E-state index in [-0.39, 0.29) is 24.4 Å². The topological polar surface area (TPSA) is 46.3 Å². The van der Waals surface area contributed by atoms with Gasteiger partial charge in [-0.15, -0.1) is 12.4 Å². The van der Waals surface area contributed by atoms with Crippen LogP contribution < -0.4 is 5.73 Å². The second-order valence-electron chi connectivity index (χ2n) is 4.52. The molecule has 0 aliphatic carbocycles. The number of carbonyl (C=O) groups is 1. The number of hydrogen-bond donors (Lipinski definition) is 1. The van der Waals surface area contributed by atoms with Gasteiger partial charge in [0.15, 0.2) is 0 Å². The molecule has 0 bridgehead atoms. The van der Waals surface area contributed by atoms with Gasteiger partial charge < -0.3 is 10.6 Å². The molecule has 0 spiro atoms. The van der Waals surface area contributed by atoms with Gasteiger partial charge in [0.25, 0.3) is 5.91 Å². The molecule has 17 heavy (non-hydrogen) atoms. The van der Waals surface area contributed by atoms with Crippen LogP contribution in [-0.2, 0) is 0 Å². The van der Waals surface area contributed by atoms with Crippen molar-refractivity contribution in [2.75, 3.05) is 13.1 Å². The molecule has 1 amide bonds. The fourth-order valence-corrected chi connectivity index (χ4v) is 2.82. The Bertz CT molecular complexity index is 353. The third kappa shape index (κ3) is 3.44. The molecule has 96 valence electrons. The van der Waals surface area contributed by atoms with Gasteiger partial charge >= 0.3 is 0 Å². The van der Waals surface area contributed by atoms with Gasteiger partial charge in [0.2, 0.25) is 0 Å². The Labute approximate surface area is 112 Å². The predicted molar refractivity (Wildman–Crippen MR) is 73.8 cm³/mol. The van der Waals surface area contributed by atoms with Crippen LogP contribution in [0.2, 0.25) is 0 Å². The van der Waals surface area contributed by atoms with Gasteiger partial charge in [-0.1, -0.05) is 0 Å². The zero-order valence-electron chi connectivity index (χ0n) is 9.96. The average molecular weight is 275 g/mol. The maximum Gasteiger partial charge on any atom is 0.254 e. The van der Waals surface area contributed by atoms with E-state index in [9.17, 15) is 4.79 Å². The molecule has 1 aliphatic rings. The first kappa shape index (κ1) is 14.5. The highest BCUT2D eigenvalue weighted by molar-refractivity contribution is 7.08. The minimum absolute atomic E-state index is 0. The third-order valence-corrected chi connectivity index (χ3v) is 3.94. The molecular formula is C12H19ClN2OS. The molecule has 1 fully saturated rings. The molecule has 2 unspecified atom stereocenters. The number of carbonyl (C=O) groups excluding carboxylic acids is 1. The van der Waals surface area contributed by atoms with Gasteiger partial charge in [-0.3, -0.25) is 4.79 Å². The van der Waals surface area contributed by atoms with E-state index in [1.54, 1.807) is 11.3 Å². The zero-order chi connectivity index (χ0) is 11.5. The zero-order valence-corrected chi connectivity index (χ0v) is 11.6. The largest absolute Gasteiger partial charge is 0.338 e.